The van der Waals surface area contributed by atoms with Crippen LogP contribution >= 0.6 is 0 Å². The Bertz CT molecular complexity index is 526. The van der Waals surface area contributed by atoms with Crippen molar-refractivity contribution in [2.24, 2.45) is 5.92 Å². The fourth-order valence-corrected chi connectivity index (χ4v) is 1.39. The molecule has 0 aliphatic rings. The zero-order chi connectivity index (χ0) is 15.5. The van der Waals surface area contributed by atoms with Gasteiger partial charge in [0.25, 0.3) is 5.91 Å². The van der Waals surface area contributed by atoms with Crippen molar-refractivity contribution in [1.29, 1.82) is 0 Å². The highest BCUT2D eigenvalue weighted by Gasteiger charge is 2.26. The van der Waals surface area contributed by atoms with E-state index in [0.717, 1.165) is 18.2 Å². The lowest BCUT2D eigenvalue weighted by Crippen LogP contribution is -2.44. The minimum Gasteiger partial charge on any atom is -0.478 e. The molecule has 0 spiro atoms. The molecule has 6 heteroatoms. The molecule has 20 heavy (non-hydrogen) atoms. The van der Waals surface area contributed by atoms with Gasteiger partial charge in [-0.05, 0) is 31.0 Å². The highest BCUT2D eigenvalue weighted by Crippen LogP contribution is 2.15. The fraction of sp³-hybridized carbons (Fsp3) is 0.429. The first-order valence-electron chi connectivity index (χ1n) is 6.18. The molecule has 3 N–H and O–H groups in total. The van der Waals surface area contributed by atoms with Gasteiger partial charge in [-0.25, -0.2) is 9.18 Å². The molecule has 1 rings (SSSR count). The van der Waals surface area contributed by atoms with E-state index in [0.29, 0.717) is 0 Å². The topological polar surface area (TPSA) is 86.6 Å². The van der Waals surface area contributed by atoms with Gasteiger partial charge in [0.05, 0.1) is 16.7 Å². The molecular formula is C14H18FNO4. The van der Waals surface area contributed by atoms with Crippen LogP contribution < -0.4 is 5.32 Å². The van der Waals surface area contributed by atoms with Gasteiger partial charge in [0.2, 0.25) is 0 Å². The van der Waals surface area contributed by atoms with Crippen molar-refractivity contribution in [1.82, 2.24) is 5.32 Å². The first kappa shape index (κ1) is 16.1. The number of carboxylic acids is 1. The summed E-state index contributed by atoms with van der Waals surface area (Å²) in [6.45, 7) is 5.15. The molecule has 0 heterocycles. The summed E-state index contributed by atoms with van der Waals surface area (Å²) in [6.07, 6.45) is 0. The Kier molecular flexibility index (Phi) is 4.83. The summed E-state index contributed by atoms with van der Waals surface area (Å²) in [5.74, 6) is -2.95. The second-order valence-corrected chi connectivity index (χ2v) is 5.19. The number of benzene rings is 1. The van der Waals surface area contributed by atoms with Crippen LogP contribution in [0, 0.1) is 11.7 Å². The Morgan fingerprint density at radius 2 is 2.00 bits per heavy atom. The lowest BCUT2D eigenvalue weighted by Gasteiger charge is -2.27. The molecule has 1 unspecified atom stereocenters. The third-order valence-corrected chi connectivity index (χ3v) is 3.31. The molecule has 0 saturated carbocycles. The monoisotopic (exact) mass is 283 g/mol. The van der Waals surface area contributed by atoms with Crippen LogP contribution in [-0.4, -0.2) is 34.2 Å². The van der Waals surface area contributed by atoms with Crippen molar-refractivity contribution in [3.05, 3.63) is 35.1 Å². The molecule has 1 aromatic carbocycles. The van der Waals surface area contributed by atoms with E-state index in [2.05, 4.69) is 5.32 Å². The summed E-state index contributed by atoms with van der Waals surface area (Å²) in [7, 11) is 0. The smallest absolute Gasteiger partial charge is 0.335 e. The van der Waals surface area contributed by atoms with E-state index in [1.807, 2.05) is 0 Å². The van der Waals surface area contributed by atoms with Crippen LogP contribution in [0.3, 0.4) is 0 Å². The van der Waals surface area contributed by atoms with Gasteiger partial charge in [0.15, 0.2) is 0 Å². The number of aliphatic hydroxyl groups is 1. The van der Waals surface area contributed by atoms with Crippen molar-refractivity contribution in [3.8, 4) is 0 Å². The van der Waals surface area contributed by atoms with Crippen LogP contribution in [0.1, 0.15) is 41.5 Å². The molecule has 1 amide bonds. The van der Waals surface area contributed by atoms with Crippen molar-refractivity contribution >= 4 is 11.9 Å². The van der Waals surface area contributed by atoms with Crippen LogP contribution in [-0.2, 0) is 0 Å². The third-order valence-electron chi connectivity index (χ3n) is 3.31. The molecule has 1 atom stereocenters. The van der Waals surface area contributed by atoms with E-state index in [1.165, 1.54) is 0 Å². The Balaban J connectivity index is 2.81. The van der Waals surface area contributed by atoms with Crippen LogP contribution in [0.15, 0.2) is 18.2 Å². The standard InChI is InChI=1S/C14H18FNO4/c1-8(2)14(3,20)7-16-12(17)10-5-4-9(13(18)19)6-11(10)15/h4-6,8,20H,7H2,1-3H3,(H,16,17)(H,18,19). The summed E-state index contributed by atoms with van der Waals surface area (Å²) in [5, 5.41) is 21.1. The number of carbonyl (C=O) groups excluding carboxylic acids is 1. The number of carboxylic acid groups (broad SMARTS) is 1. The quantitative estimate of drug-likeness (QED) is 0.767. The molecule has 0 aliphatic carbocycles. The molecule has 0 aromatic heterocycles. The van der Waals surface area contributed by atoms with E-state index < -0.39 is 23.3 Å². The maximum Gasteiger partial charge on any atom is 0.335 e. The van der Waals surface area contributed by atoms with E-state index in [9.17, 15) is 19.1 Å². The van der Waals surface area contributed by atoms with Gasteiger partial charge in [0.1, 0.15) is 5.82 Å². The second kappa shape index (κ2) is 6.00. The minimum atomic E-state index is -1.27. The number of carbonyl (C=O) groups is 2. The average Bonchev–Trinajstić information content (AvgIpc) is 2.35. The molecule has 0 fully saturated rings. The molecule has 0 radical (unpaired) electrons. The number of nitrogens with one attached hydrogen (secondary N) is 1. The summed E-state index contributed by atoms with van der Waals surface area (Å²) in [6, 6.07) is 3.05. The lowest BCUT2D eigenvalue weighted by atomic mass is 9.92. The predicted molar refractivity (Wildman–Crippen MR) is 71.2 cm³/mol. The van der Waals surface area contributed by atoms with Crippen LogP contribution in [0.4, 0.5) is 4.39 Å². The van der Waals surface area contributed by atoms with Gasteiger partial charge in [-0.3, -0.25) is 4.79 Å². The van der Waals surface area contributed by atoms with Crippen LogP contribution in [0.25, 0.3) is 0 Å². The Hall–Kier alpha value is -1.95. The largest absolute Gasteiger partial charge is 0.478 e. The van der Waals surface area contributed by atoms with Crippen molar-refractivity contribution in [2.75, 3.05) is 6.54 Å². The van der Waals surface area contributed by atoms with Crippen molar-refractivity contribution < 1.29 is 24.2 Å². The minimum absolute atomic E-state index is 0.0242. The predicted octanol–water partition coefficient (Wildman–Crippen LogP) is 1.66. The lowest BCUT2D eigenvalue weighted by molar-refractivity contribution is 0.0142. The van der Waals surface area contributed by atoms with Gasteiger partial charge < -0.3 is 15.5 Å². The number of rotatable bonds is 5. The maximum absolute atomic E-state index is 13.7. The van der Waals surface area contributed by atoms with Gasteiger partial charge in [-0.15, -0.1) is 0 Å². The highest BCUT2D eigenvalue weighted by molar-refractivity contribution is 5.96. The fourth-order valence-electron chi connectivity index (χ4n) is 1.39. The molecule has 0 saturated heterocycles. The van der Waals surface area contributed by atoms with Crippen LogP contribution in [0.2, 0.25) is 0 Å². The van der Waals surface area contributed by atoms with Crippen LogP contribution in [0.5, 0.6) is 0 Å². The van der Waals surface area contributed by atoms with Crippen molar-refractivity contribution in [2.45, 2.75) is 26.4 Å². The van der Waals surface area contributed by atoms with Crippen molar-refractivity contribution in [3.63, 3.8) is 0 Å². The Morgan fingerprint density at radius 3 is 2.45 bits per heavy atom. The SMILES string of the molecule is CC(C)C(C)(O)CNC(=O)c1ccc(C(=O)O)cc1F. The van der Waals surface area contributed by atoms with Gasteiger partial charge in [0, 0.05) is 6.54 Å². The third kappa shape index (κ3) is 3.77. The summed E-state index contributed by atoms with van der Waals surface area (Å²) in [4.78, 5) is 22.5. The molecule has 0 bridgehead atoms. The van der Waals surface area contributed by atoms with E-state index in [-0.39, 0.29) is 23.6 Å². The highest BCUT2D eigenvalue weighted by atomic mass is 19.1. The number of aromatic carboxylic acids is 1. The summed E-state index contributed by atoms with van der Waals surface area (Å²) < 4.78 is 13.7. The molecule has 5 nitrogen and oxygen atoms in total. The molecular weight excluding hydrogens is 265 g/mol. The van der Waals surface area contributed by atoms with E-state index in [1.54, 1.807) is 20.8 Å². The number of hydrogen-bond acceptors (Lipinski definition) is 3. The van der Waals surface area contributed by atoms with Gasteiger partial charge in [-0.1, -0.05) is 13.8 Å². The molecule has 0 aliphatic heterocycles. The summed E-state index contributed by atoms with van der Waals surface area (Å²) >= 11 is 0. The average molecular weight is 283 g/mol. The number of halogens is 1. The van der Waals surface area contributed by atoms with Gasteiger partial charge >= 0.3 is 5.97 Å². The Labute approximate surface area is 116 Å². The van der Waals surface area contributed by atoms with Gasteiger partial charge in [-0.2, -0.15) is 0 Å². The second-order valence-electron chi connectivity index (χ2n) is 5.19. The normalized spacial score (nSPS) is 13.9. The Morgan fingerprint density at radius 1 is 1.40 bits per heavy atom. The number of hydrogen-bond donors (Lipinski definition) is 3. The molecule has 110 valence electrons. The zero-order valence-corrected chi connectivity index (χ0v) is 11.6. The van der Waals surface area contributed by atoms with E-state index in [4.69, 9.17) is 5.11 Å². The summed E-state index contributed by atoms with van der Waals surface area (Å²) in [5.41, 5.74) is -1.59. The first-order valence-corrected chi connectivity index (χ1v) is 6.18. The maximum atomic E-state index is 13.7. The zero-order valence-electron chi connectivity index (χ0n) is 11.6. The number of amides is 1. The molecule has 1 aromatic rings. The first-order chi connectivity index (χ1) is 9.15. The van der Waals surface area contributed by atoms with E-state index >= 15 is 0 Å².